The first-order valence-electron chi connectivity index (χ1n) is 9.88. The summed E-state index contributed by atoms with van der Waals surface area (Å²) < 4.78 is 20.8. The number of allylic oxidation sites excluding steroid dienone is 1. The molecule has 10 heteroatoms. The van der Waals surface area contributed by atoms with Crippen molar-refractivity contribution in [3.05, 3.63) is 35.4 Å². The zero-order valence-electron chi connectivity index (χ0n) is 18.0. The first-order valence-corrected chi connectivity index (χ1v) is 9.88. The van der Waals surface area contributed by atoms with Crippen LogP contribution in [-0.2, 0) is 40.6 Å². The molecule has 4 rings (SSSR count). The van der Waals surface area contributed by atoms with E-state index in [0.717, 1.165) is 18.1 Å². The first-order chi connectivity index (χ1) is 15.2. The van der Waals surface area contributed by atoms with Crippen LogP contribution in [0, 0.1) is 5.41 Å². The van der Waals surface area contributed by atoms with E-state index in [2.05, 4.69) is 0 Å². The summed E-state index contributed by atoms with van der Waals surface area (Å²) in [5.41, 5.74) is -2.75. The maximum atomic E-state index is 13.4. The van der Waals surface area contributed by atoms with Gasteiger partial charge < -0.3 is 29.0 Å². The van der Waals surface area contributed by atoms with Gasteiger partial charge in [0.15, 0.2) is 23.4 Å². The average molecular weight is 445 g/mol. The number of benzene rings is 1. The molecular formula is C22H23NO9. The second-order valence-corrected chi connectivity index (χ2v) is 7.92. The van der Waals surface area contributed by atoms with Crippen molar-refractivity contribution in [3.63, 3.8) is 0 Å². The fourth-order valence-corrected chi connectivity index (χ4v) is 5.42. The molecule has 0 bridgehead atoms. The molecule has 2 heterocycles. The number of ether oxygens (including phenoxy) is 4. The standard InChI is InChI=1S/C22H23NO9/c1-29-15-8-11-7-14(19(27)31-3)23-18(26)17(25)21(20(28)32-4)6-5-12(24)10-22(21,23)13(11)9-16(15)30-2/h5-6,8-9,14,17,25H,7,10H2,1-4H3/t14-,17-,21-,22+/m0/s1. The number of aliphatic hydroxyl groups is 1. The summed E-state index contributed by atoms with van der Waals surface area (Å²) in [5.74, 6) is -2.24. The van der Waals surface area contributed by atoms with Crippen LogP contribution in [0.2, 0.25) is 0 Å². The molecule has 10 nitrogen and oxygen atoms in total. The second-order valence-electron chi connectivity index (χ2n) is 7.92. The van der Waals surface area contributed by atoms with Crippen molar-refractivity contribution >= 4 is 23.6 Å². The van der Waals surface area contributed by atoms with Crippen LogP contribution in [0.15, 0.2) is 24.3 Å². The van der Waals surface area contributed by atoms with Crippen LogP contribution in [0.1, 0.15) is 17.5 Å². The number of carbonyl (C=O) groups is 4. The van der Waals surface area contributed by atoms with E-state index in [9.17, 15) is 24.3 Å². The number of hydrogen-bond donors (Lipinski definition) is 1. The predicted octanol–water partition coefficient (Wildman–Crippen LogP) is -0.112. The SMILES string of the molecule is COC(=O)[C@@H]1Cc2cc(OC)c(OC)cc2[C@]23CC(=O)C=C[C@@]2(C(=O)OC)[C@@H](O)C(=O)N13. The number of amides is 1. The van der Waals surface area contributed by atoms with Crippen molar-refractivity contribution in [3.8, 4) is 11.5 Å². The molecule has 0 unspecified atom stereocenters. The van der Waals surface area contributed by atoms with Crippen LogP contribution >= 0.6 is 0 Å². The Morgan fingerprint density at radius 1 is 1.06 bits per heavy atom. The number of carbonyl (C=O) groups excluding carboxylic acids is 4. The third kappa shape index (κ3) is 2.44. The van der Waals surface area contributed by atoms with E-state index < -0.39 is 40.9 Å². The van der Waals surface area contributed by atoms with Crippen LogP contribution in [-0.4, -0.2) is 74.2 Å². The molecule has 4 atom stereocenters. The van der Waals surface area contributed by atoms with Gasteiger partial charge in [0.25, 0.3) is 5.91 Å². The highest BCUT2D eigenvalue weighted by Gasteiger charge is 2.76. The van der Waals surface area contributed by atoms with E-state index in [1.807, 2.05) is 0 Å². The summed E-state index contributed by atoms with van der Waals surface area (Å²) in [6.07, 6.45) is 0.165. The van der Waals surface area contributed by atoms with Crippen molar-refractivity contribution in [1.29, 1.82) is 0 Å². The zero-order chi connectivity index (χ0) is 23.4. The summed E-state index contributed by atoms with van der Waals surface area (Å²) >= 11 is 0. The van der Waals surface area contributed by atoms with Crippen LogP contribution in [0.3, 0.4) is 0 Å². The van der Waals surface area contributed by atoms with E-state index in [-0.39, 0.29) is 18.6 Å². The minimum atomic E-state index is -1.96. The second kappa shape index (κ2) is 7.33. The molecule has 2 aliphatic heterocycles. The summed E-state index contributed by atoms with van der Waals surface area (Å²) in [6.45, 7) is 0. The Morgan fingerprint density at radius 2 is 1.72 bits per heavy atom. The van der Waals surface area contributed by atoms with E-state index >= 15 is 0 Å². The van der Waals surface area contributed by atoms with Crippen LogP contribution in [0.4, 0.5) is 0 Å². The van der Waals surface area contributed by atoms with Crippen LogP contribution in [0.5, 0.6) is 11.5 Å². The third-order valence-corrected chi connectivity index (χ3v) is 6.74. The Balaban J connectivity index is 2.15. The molecule has 170 valence electrons. The van der Waals surface area contributed by atoms with Crippen LogP contribution in [0.25, 0.3) is 0 Å². The van der Waals surface area contributed by atoms with Gasteiger partial charge in [0, 0.05) is 12.8 Å². The van der Waals surface area contributed by atoms with Gasteiger partial charge in [0.2, 0.25) is 0 Å². The molecule has 1 aromatic rings. The lowest BCUT2D eigenvalue weighted by Crippen LogP contribution is -2.64. The van der Waals surface area contributed by atoms with Gasteiger partial charge in [-0.3, -0.25) is 14.4 Å². The van der Waals surface area contributed by atoms with Gasteiger partial charge in [-0.25, -0.2) is 4.79 Å². The lowest BCUT2D eigenvalue weighted by Gasteiger charge is -2.53. The van der Waals surface area contributed by atoms with Gasteiger partial charge in [-0.2, -0.15) is 0 Å². The van der Waals surface area contributed by atoms with Gasteiger partial charge >= 0.3 is 11.9 Å². The highest BCUT2D eigenvalue weighted by Crippen LogP contribution is 2.62. The fraction of sp³-hybridized carbons (Fsp3) is 0.455. The zero-order valence-corrected chi connectivity index (χ0v) is 18.0. The molecular weight excluding hydrogens is 422 g/mol. The number of aliphatic hydroxyl groups excluding tert-OH is 1. The smallest absolute Gasteiger partial charge is 0.328 e. The molecule has 1 saturated heterocycles. The van der Waals surface area contributed by atoms with Crippen molar-refractivity contribution in [2.45, 2.75) is 30.5 Å². The third-order valence-electron chi connectivity index (χ3n) is 6.74. The topological polar surface area (TPSA) is 129 Å². The maximum Gasteiger partial charge on any atom is 0.328 e. The number of hydrogen-bond acceptors (Lipinski definition) is 9. The Kier molecular flexibility index (Phi) is 5.00. The molecule has 1 fully saturated rings. The summed E-state index contributed by atoms with van der Waals surface area (Å²) in [7, 11) is 5.18. The van der Waals surface area contributed by atoms with E-state index in [0.29, 0.717) is 22.6 Å². The number of esters is 2. The van der Waals surface area contributed by atoms with Crippen molar-refractivity contribution < 1.29 is 43.2 Å². The van der Waals surface area contributed by atoms with Crippen LogP contribution < -0.4 is 9.47 Å². The molecule has 1 aliphatic carbocycles. The minimum absolute atomic E-state index is 0.0255. The first kappa shape index (κ1) is 21.8. The predicted molar refractivity (Wildman–Crippen MR) is 107 cm³/mol. The molecule has 0 radical (unpaired) electrons. The van der Waals surface area contributed by atoms with E-state index in [4.69, 9.17) is 18.9 Å². The molecule has 1 aromatic carbocycles. The Morgan fingerprint density at radius 3 is 2.31 bits per heavy atom. The largest absolute Gasteiger partial charge is 0.493 e. The Hall–Kier alpha value is -3.40. The van der Waals surface area contributed by atoms with Crippen molar-refractivity contribution in [1.82, 2.24) is 4.90 Å². The summed E-state index contributed by atoms with van der Waals surface area (Å²) in [5, 5.41) is 11.1. The monoisotopic (exact) mass is 445 g/mol. The molecule has 1 spiro atoms. The van der Waals surface area contributed by atoms with E-state index in [1.165, 1.54) is 27.4 Å². The minimum Gasteiger partial charge on any atom is -0.493 e. The average Bonchev–Trinajstić information content (AvgIpc) is 3.01. The van der Waals surface area contributed by atoms with Gasteiger partial charge in [0.1, 0.15) is 11.5 Å². The van der Waals surface area contributed by atoms with Gasteiger partial charge in [-0.15, -0.1) is 0 Å². The molecule has 1 N–H and O–H groups in total. The number of methoxy groups -OCH3 is 4. The van der Waals surface area contributed by atoms with Gasteiger partial charge in [-0.1, -0.05) is 6.08 Å². The lowest BCUT2D eigenvalue weighted by atomic mass is 9.58. The number of nitrogens with zero attached hydrogens (tertiary/aromatic N) is 1. The quantitative estimate of drug-likeness (QED) is 0.631. The lowest BCUT2D eigenvalue weighted by molar-refractivity contribution is -0.167. The van der Waals surface area contributed by atoms with Crippen molar-refractivity contribution in [2.75, 3.05) is 28.4 Å². The highest BCUT2D eigenvalue weighted by molar-refractivity contribution is 6.05. The number of rotatable bonds is 4. The van der Waals surface area contributed by atoms with E-state index in [1.54, 1.807) is 12.1 Å². The Bertz CT molecular complexity index is 1060. The molecule has 32 heavy (non-hydrogen) atoms. The highest BCUT2D eigenvalue weighted by atomic mass is 16.5. The Labute approximate surface area is 183 Å². The van der Waals surface area contributed by atoms with Gasteiger partial charge in [0.05, 0.1) is 34.0 Å². The maximum absolute atomic E-state index is 13.4. The molecule has 0 aromatic heterocycles. The fourth-order valence-electron chi connectivity index (χ4n) is 5.42. The molecule has 3 aliphatic rings. The van der Waals surface area contributed by atoms with Gasteiger partial charge in [-0.05, 0) is 29.3 Å². The summed E-state index contributed by atoms with van der Waals surface area (Å²) in [4.78, 5) is 53.2. The molecule has 1 amide bonds. The summed E-state index contributed by atoms with van der Waals surface area (Å²) in [6, 6.07) is 2.03. The molecule has 0 saturated carbocycles. The van der Waals surface area contributed by atoms with Crippen molar-refractivity contribution in [2.24, 2.45) is 5.41 Å². The number of ketones is 1. The normalized spacial score (nSPS) is 30.2. The number of fused-ring (bicyclic) bond motifs is 1.